The number of anilines is 1. The Balaban J connectivity index is 2.00. The Bertz CT molecular complexity index is 982. The second kappa shape index (κ2) is 8.46. The number of carbonyl (C=O) groups is 3. The normalized spacial score (nSPS) is 15.8. The van der Waals surface area contributed by atoms with Crippen LogP contribution < -0.4 is 15.0 Å². The zero-order valence-electron chi connectivity index (χ0n) is 14.5. The van der Waals surface area contributed by atoms with Crippen LogP contribution in [0.5, 0.6) is 5.75 Å². The molecule has 4 amide bonds. The molecule has 6 nitrogen and oxygen atoms in total. The van der Waals surface area contributed by atoms with E-state index in [0.717, 1.165) is 9.37 Å². The Kier molecular flexibility index (Phi) is 6.22. The van der Waals surface area contributed by atoms with Crippen LogP contribution in [0.3, 0.4) is 0 Å². The number of rotatable bonds is 4. The van der Waals surface area contributed by atoms with Gasteiger partial charge in [0.1, 0.15) is 5.57 Å². The van der Waals surface area contributed by atoms with Gasteiger partial charge in [-0.25, -0.2) is 9.69 Å². The number of hydrogen-bond acceptors (Lipinski definition) is 4. The van der Waals surface area contributed by atoms with Gasteiger partial charge in [-0.05, 0) is 70.9 Å². The summed E-state index contributed by atoms with van der Waals surface area (Å²) in [5.74, 6) is -1.03. The topological polar surface area (TPSA) is 75.7 Å². The first-order valence-corrected chi connectivity index (χ1v) is 10.1. The molecule has 9 heteroatoms. The van der Waals surface area contributed by atoms with Crippen molar-refractivity contribution in [2.24, 2.45) is 0 Å². The van der Waals surface area contributed by atoms with E-state index in [-0.39, 0.29) is 5.57 Å². The predicted octanol–water partition coefficient (Wildman–Crippen LogP) is 4.93. The lowest BCUT2D eigenvalue weighted by Crippen LogP contribution is -2.54. The minimum absolute atomic E-state index is 0.186. The highest BCUT2D eigenvalue weighted by Crippen LogP contribution is 2.35. The van der Waals surface area contributed by atoms with Crippen LogP contribution in [0, 0.1) is 0 Å². The smallest absolute Gasteiger partial charge is 0.335 e. The highest BCUT2D eigenvalue weighted by atomic mass is 79.9. The van der Waals surface area contributed by atoms with E-state index < -0.39 is 17.8 Å². The van der Waals surface area contributed by atoms with Crippen molar-refractivity contribution in [3.63, 3.8) is 0 Å². The highest BCUT2D eigenvalue weighted by molar-refractivity contribution is 9.10. The Morgan fingerprint density at radius 2 is 1.82 bits per heavy atom. The number of carbonyl (C=O) groups excluding carboxylic acids is 3. The van der Waals surface area contributed by atoms with Crippen LogP contribution in [0.25, 0.3) is 6.08 Å². The highest BCUT2D eigenvalue weighted by Gasteiger charge is 2.36. The molecule has 0 radical (unpaired) electrons. The van der Waals surface area contributed by atoms with Crippen LogP contribution in [0.15, 0.2) is 50.9 Å². The van der Waals surface area contributed by atoms with Crippen molar-refractivity contribution < 1.29 is 19.1 Å². The van der Waals surface area contributed by atoms with Gasteiger partial charge in [0, 0.05) is 4.47 Å². The van der Waals surface area contributed by atoms with Gasteiger partial charge in [0.05, 0.1) is 21.8 Å². The van der Waals surface area contributed by atoms with Crippen molar-refractivity contribution in [2.75, 3.05) is 11.5 Å². The summed E-state index contributed by atoms with van der Waals surface area (Å²) >= 11 is 12.9. The second-order valence-electron chi connectivity index (χ2n) is 5.68. The maximum absolute atomic E-state index is 12.9. The summed E-state index contributed by atoms with van der Waals surface area (Å²) in [4.78, 5) is 38.3. The van der Waals surface area contributed by atoms with Gasteiger partial charge in [0.2, 0.25) is 0 Å². The first kappa shape index (κ1) is 20.6. The Morgan fingerprint density at radius 3 is 2.43 bits per heavy atom. The summed E-state index contributed by atoms with van der Waals surface area (Å²) in [6.45, 7) is 2.27. The van der Waals surface area contributed by atoms with Gasteiger partial charge >= 0.3 is 6.03 Å². The van der Waals surface area contributed by atoms with E-state index in [1.807, 2.05) is 6.92 Å². The second-order valence-corrected chi connectivity index (χ2v) is 7.86. The largest absolute Gasteiger partial charge is 0.491 e. The fourth-order valence-electron chi connectivity index (χ4n) is 2.59. The lowest BCUT2D eigenvalue weighted by Gasteiger charge is -2.26. The van der Waals surface area contributed by atoms with Gasteiger partial charge in [0.15, 0.2) is 5.75 Å². The molecule has 1 N–H and O–H groups in total. The fraction of sp³-hybridized carbons (Fsp3) is 0.105. The number of urea groups is 1. The first-order valence-electron chi connectivity index (χ1n) is 8.10. The van der Waals surface area contributed by atoms with Crippen molar-refractivity contribution >= 4 is 73.1 Å². The third-order valence-corrected chi connectivity index (χ3v) is 5.21. The van der Waals surface area contributed by atoms with Crippen molar-refractivity contribution in [3.05, 3.63) is 61.5 Å². The molecule has 2 aromatic carbocycles. The molecule has 0 spiro atoms. The van der Waals surface area contributed by atoms with Crippen LogP contribution in [-0.2, 0) is 9.59 Å². The van der Waals surface area contributed by atoms with E-state index in [0.29, 0.717) is 33.1 Å². The SMILES string of the molecule is CCOc1c(Cl)cc(/C=C2\C(=O)NC(=O)N(c3ccc(Br)cc3)C2=O)cc1Br. The maximum Gasteiger partial charge on any atom is 0.335 e. The molecule has 144 valence electrons. The number of ether oxygens (including phenoxy) is 1. The van der Waals surface area contributed by atoms with Crippen molar-refractivity contribution in [2.45, 2.75) is 6.92 Å². The van der Waals surface area contributed by atoms with Crippen molar-refractivity contribution in [1.82, 2.24) is 5.32 Å². The Morgan fingerprint density at radius 1 is 1.14 bits per heavy atom. The average molecular weight is 529 g/mol. The summed E-state index contributed by atoms with van der Waals surface area (Å²) in [5, 5.41) is 2.51. The number of hydrogen-bond donors (Lipinski definition) is 1. The third-order valence-electron chi connectivity index (χ3n) is 3.81. The van der Waals surface area contributed by atoms with E-state index in [1.165, 1.54) is 6.08 Å². The molecule has 1 fully saturated rings. The molecule has 1 heterocycles. The molecule has 0 unspecified atom stereocenters. The van der Waals surface area contributed by atoms with Crippen LogP contribution in [-0.4, -0.2) is 24.5 Å². The molecule has 1 aliphatic rings. The molecule has 0 aliphatic carbocycles. The van der Waals surface area contributed by atoms with Gasteiger partial charge < -0.3 is 4.74 Å². The van der Waals surface area contributed by atoms with E-state index >= 15 is 0 Å². The van der Waals surface area contributed by atoms with E-state index in [1.54, 1.807) is 36.4 Å². The lowest BCUT2D eigenvalue weighted by atomic mass is 10.1. The lowest BCUT2D eigenvalue weighted by molar-refractivity contribution is -0.122. The number of barbiturate groups is 1. The molecule has 0 aromatic heterocycles. The number of imide groups is 2. The summed E-state index contributed by atoms with van der Waals surface area (Å²) in [6, 6.07) is 9.02. The van der Waals surface area contributed by atoms with E-state index in [2.05, 4.69) is 37.2 Å². The number of amides is 4. The maximum atomic E-state index is 12.9. The quantitative estimate of drug-likeness (QED) is 0.451. The summed E-state index contributed by atoms with van der Waals surface area (Å²) in [6.07, 6.45) is 1.38. The van der Waals surface area contributed by atoms with Crippen LogP contribution in [0.4, 0.5) is 10.5 Å². The zero-order chi connectivity index (χ0) is 20.4. The number of benzene rings is 2. The van der Waals surface area contributed by atoms with Crippen LogP contribution >= 0.6 is 43.5 Å². The molecule has 1 saturated heterocycles. The van der Waals surface area contributed by atoms with E-state index in [4.69, 9.17) is 16.3 Å². The van der Waals surface area contributed by atoms with E-state index in [9.17, 15) is 14.4 Å². The number of halogens is 3. The predicted molar refractivity (Wildman–Crippen MR) is 113 cm³/mol. The monoisotopic (exact) mass is 526 g/mol. The molecule has 0 saturated carbocycles. The summed E-state index contributed by atoms with van der Waals surface area (Å²) in [5.41, 5.74) is 0.661. The van der Waals surface area contributed by atoms with Gasteiger partial charge in [0.25, 0.3) is 11.8 Å². The van der Waals surface area contributed by atoms with Gasteiger partial charge in [-0.15, -0.1) is 0 Å². The zero-order valence-corrected chi connectivity index (χ0v) is 18.4. The molecule has 1 aliphatic heterocycles. The molecular weight excluding hydrogens is 515 g/mol. The van der Waals surface area contributed by atoms with Crippen LogP contribution in [0.1, 0.15) is 12.5 Å². The molecule has 0 bridgehead atoms. The summed E-state index contributed by atoms with van der Waals surface area (Å²) < 4.78 is 6.83. The number of nitrogens with zero attached hydrogens (tertiary/aromatic N) is 1. The third kappa shape index (κ3) is 4.14. The molecular formula is C19H13Br2ClN2O4. The molecule has 0 atom stereocenters. The number of nitrogens with one attached hydrogen (secondary N) is 1. The summed E-state index contributed by atoms with van der Waals surface area (Å²) in [7, 11) is 0. The van der Waals surface area contributed by atoms with Crippen molar-refractivity contribution in [1.29, 1.82) is 0 Å². The minimum Gasteiger partial charge on any atom is -0.491 e. The Labute approximate surface area is 182 Å². The Hall–Kier alpha value is -2.16. The van der Waals surface area contributed by atoms with Gasteiger partial charge in [-0.3, -0.25) is 14.9 Å². The van der Waals surface area contributed by atoms with Gasteiger partial charge in [-0.1, -0.05) is 27.5 Å². The fourth-order valence-corrected chi connectivity index (χ4v) is 3.85. The molecule has 2 aromatic rings. The minimum atomic E-state index is -0.805. The van der Waals surface area contributed by atoms with Crippen LogP contribution in [0.2, 0.25) is 5.02 Å². The van der Waals surface area contributed by atoms with Crippen molar-refractivity contribution in [3.8, 4) is 5.75 Å². The van der Waals surface area contributed by atoms with Gasteiger partial charge in [-0.2, -0.15) is 0 Å². The molecule has 3 rings (SSSR count). The molecule has 28 heavy (non-hydrogen) atoms. The average Bonchev–Trinajstić information content (AvgIpc) is 2.63. The standard InChI is InChI=1S/C19H13Br2ClN2O4/c1-2-28-16-14(21)8-10(9-15(16)22)7-13-17(25)23-19(27)24(18(13)26)12-5-3-11(20)4-6-12/h3-9H,2H2,1H3,(H,23,25,27)/b13-7+. The first-order chi connectivity index (χ1) is 13.3.